The van der Waals surface area contributed by atoms with Crippen molar-refractivity contribution in [1.29, 1.82) is 0 Å². The van der Waals surface area contributed by atoms with E-state index in [-0.39, 0.29) is 11.9 Å². The Balaban J connectivity index is 1.41. The molecule has 1 saturated heterocycles. The zero-order chi connectivity index (χ0) is 18.2. The van der Waals surface area contributed by atoms with Crippen molar-refractivity contribution < 1.29 is 4.79 Å². The first-order valence-corrected chi connectivity index (χ1v) is 9.66. The summed E-state index contributed by atoms with van der Waals surface area (Å²) in [4.78, 5) is 26.5. The third-order valence-electron chi connectivity index (χ3n) is 5.70. The maximum atomic E-state index is 13.2. The van der Waals surface area contributed by atoms with Crippen LogP contribution in [0.25, 0.3) is 10.9 Å². The number of aromatic nitrogens is 3. The summed E-state index contributed by atoms with van der Waals surface area (Å²) in [5.74, 6) is -0.000347. The summed E-state index contributed by atoms with van der Waals surface area (Å²) in [6.45, 7) is 4.57. The quantitative estimate of drug-likeness (QED) is 0.720. The van der Waals surface area contributed by atoms with E-state index < -0.39 is 0 Å². The minimum Gasteiger partial charge on any atom is -0.329 e. The minimum atomic E-state index is -0.000347. The van der Waals surface area contributed by atoms with Crippen molar-refractivity contribution in [1.82, 2.24) is 24.3 Å². The molecule has 1 amide bonds. The standard InChI is InChI=1S/C21H23N5O/c27-21(20-8-7-16-5-1-2-6-19(16)23-20)25-13-17-11-22-15-26(17)18(14-25)12-24-9-3-4-10-24/h1-2,5-8,11,15,18H,3-4,9-10,12-14H2/t18-/m1/s1. The van der Waals surface area contributed by atoms with Crippen LogP contribution in [0.15, 0.2) is 48.9 Å². The lowest BCUT2D eigenvalue weighted by atomic mass is 10.1. The van der Waals surface area contributed by atoms with Crippen molar-refractivity contribution in [2.24, 2.45) is 0 Å². The van der Waals surface area contributed by atoms with Gasteiger partial charge in [0.1, 0.15) is 5.69 Å². The number of hydrogen-bond donors (Lipinski definition) is 0. The lowest BCUT2D eigenvalue weighted by Gasteiger charge is -2.36. The fourth-order valence-electron chi connectivity index (χ4n) is 4.30. The Morgan fingerprint density at radius 1 is 1.11 bits per heavy atom. The van der Waals surface area contributed by atoms with E-state index in [0.717, 1.165) is 36.2 Å². The van der Waals surface area contributed by atoms with Crippen LogP contribution in [-0.4, -0.2) is 56.4 Å². The van der Waals surface area contributed by atoms with Crippen molar-refractivity contribution in [2.45, 2.75) is 25.4 Å². The summed E-state index contributed by atoms with van der Waals surface area (Å²) < 4.78 is 2.25. The number of amides is 1. The van der Waals surface area contributed by atoms with Gasteiger partial charge in [0.2, 0.25) is 0 Å². The van der Waals surface area contributed by atoms with Crippen LogP contribution in [0, 0.1) is 0 Å². The molecule has 2 aromatic heterocycles. The van der Waals surface area contributed by atoms with Crippen molar-refractivity contribution in [3.05, 3.63) is 60.3 Å². The number of fused-ring (bicyclic) bond motifs is 2. The number of imidazole rings is 1. The molecule has 1 aromatic carbocycles. The second-order valence-corrected chi connectivity index (χ2v) is 7.53. The number of hydrogen-bond acceptors (Lipinski definition) is 4. The molecule has 1 fully saturated rings. The lowest BCUT2D eigenvalue weighted by Crippen LogP contribution is -2.44. The first kappa shape index (κ1) is 16.4. The van der Waals surface area contributed by atoms with Crippen LogP contribution in [-0.2, 0) is 6.54 Å². The normalized spacial score (nSPS) is 20.1. The molecule has 4 heterocycles. The second kappa shape index (κ2) is 6.78. The summed E-state index contributed by atoms with van der Waals surface area (Å²) in [6, 6.07) is 12.0. The fraction of sp³-hybridized carbons (Fsp3) is 0.381. The number of benzene rings is 1. The van der Waals surface area contributed by atoms with Crippen molar-refractivity contribution in [2.75, 3.05) is 26.2 Å². The van der Waals surface area contributed by atoms with Gasteiger partial charge in [0.05, 0.1) is 30.1 Å². The van der Waals surface area contributed by atoms with Crippen LogP contribution in [0.2, 0.25) is 0 Å². The molecule has 2 aliphatic rings. The average Bonchev–Trinajstić information content (AvgIpc) is 3.38. The van der Waals surface area contributed by atoms with E-state index in [1.807, 2.05) is 53.8 Å². The molecule has 0 aliphatic carbocycles. The number of para-hydroxylation sites is 1. The van der Waals surface area contributed by atoms with E-state index in [1.54, 1.807) is 0 Å². The number of rotatable bonds is 3. The molecule has 27 heavy (non-hydrogen) atoms. The van der Waals surface area contributed by atoms with Crippen LogP contribution < -0.4 is 0 Å². The molecule has 6 heteroatoms. The predicted octanol–water partition coefficient (Wildman–Crippen LogP) is 2.72. The van der Waals surface area contributed by atoms with Gasteiger partial charge < -0.3 is 14.4 Å². The molecule has 138 valence electrons. The summed E-state index contributed by atoms with van der Waals surface area (Å²) >= 11 is 0. The highest BCUT2D eigenvalue weighted by molar-refractivity contribution is 5.95. The summed E-state index contributed by atoms with van der Waals surface area (Å²) in [7, 11) is 0. The molecular formula is C21H23N5O. The number of pyridine rings is 1. The Bertz CT molecular complexity index is 975. The summed E-state index contributed by atoms with van der Waals surface area (Å²) in [5, 5.41) is 1.05. The second-order valence-electron chi connectivity index (χ2n) is 7.53. The molecule has 0 bridgehead atoms. The Kier molecular flexibility index (Phi) is 4.13. The first-order chi connectivity index (χ1) is 13.3. The minimum absolute atomic E-state index is 0.000347. The summed E-state index contributed by atoms with van der Waals surface area (Å²) in [6.07, 6.45) is 6.33. The van der Waals surface area contributed by atoms with Crippen LogP contribution in [0.1, 0.15) is 35.1 Å². The molecule has 3 aromatic rings. The van der Waals surface area contributed by atoms with Crippen molar-refractivity contribution >= 4 is 16.8 Å². The molecular weight excluding hydrogens is 338 g/mol. The molecule has 5 rings (SSSR count). The van der Waals surface area contributed by atoms with Crippen molar-refractivity contribution in [3.8, 4) is 0 Å². The van der Waals surface area contributed by atoms with Gasteiger partial charge in [-0.2, -0.15) is 0 Å². The fourth-order valence-corrected chi connectivity index (χ4v) is 4.30. The highest BCUT2D eigenvalue weighted by atomic mass is 16.2. The van der Waals surface area contributed by atoms with Gasteiger partial charge in [-0.1, -0.05) is 24.3 Å². The van der Waals surface area contributed by atoms with Gasteiger partial charge in [-0.15, -0.1) is 0 Å². The van der Waals surface area contributed by atoms with E-state index in [2.05, 4.69) is 19.4 Å². The zero-order valence-electron chi connectivity index (χ0n) is 15.3. The molecule has 1 atom stereocenters. The number of nitrogens with zero attached hydrogens (tertiary/aromatic N) is 5. The van der Waals surface area contributed by atoms with E-state index in [4.69, 9.17) is 0 Å². The Labute approximate surface area is 158 Å². The number of carbonyl (C=O) groups is 1. The van der Waals surface area contributed by atoms with Gasteiger partial charge >= 0.3 is 0 Å². The van der Waals surface area contributed by atoms with Crippen LogP contribution in [0.3, 0.4) is 0 Å². The van der Waals surface area contributed by atoms with Gasteiger partial charge in [0.15, 0.2) is 0 Å². The highest BCUT2D eigenvalue weighted by Crippen LogP contribution is 2.25. The van der Waals surface area contributed by atoms with Gasteiger partial charge in [0.25, 0.3) is 5.91 Å². The van der Waals surface area contributed by atoms with E-state index >= 15 is 0 Å². The van der Waals surface area contributed by atoms with Crippen LogP contribution in [0.5, 0.6) is 0 Å². The van der Waals surface area contributed by atoms with Crippen LogP contribution >= 0.6 is 0 Å². The molecule has 6 nitrogen and oxygen atoms in total. The first-order valence-electron chi connectivity index (χ1n) is 9.66. The average molecular weight is 361 g/mol. The smallest absolute Gasteiger partial charge is 0.272 e. The zero-order valence-corrected chi connectivity index (χ0v) is 15.3. The molecule has 0 unspecified atom stereocenters. The Hall–Kier alpha value is -2.73. The third-order valence-corrected chi connectivity index (χ3v) is 5.70. The van der Waals surface area contributed by atoms with Gasteiger partial charge in [-0.05, 0) is 38.1 Å². The molecule has 0 saturated carbocycles. The number of carbonyl (C=O) groups excluding carboxylic acids is 1. The lowest BCUT2D eigenvalue weighted by molar-refractivity contribution is 0.0653. The SMILES string of the molecule is O=C(c1ccc2ccccc2n1)N1Cc2cncn2[C@H](CN2CCCC2)C1. The number of likely N-dealkylation sites (tertiary alicyclic amines) is 1. The molecule has 0 radical (unpaired) electrons. The van der Waals surface area contributed by atoms with E-state index in [0.29, 0.717) is 18.8 Å². The van der Waals surface area contributed by atoms with Crippen LogP contribution in [0.4, 0.5) is 0 Å². The molecule has 2 aliphatic heterocycles. The molecule has 0 spiro atoms. The predicted molar refractivity (Wildman–Crippen MR) is 103 cm³/mol. The maximum Gasteiger partial charge on any atom is 0.272 e. The monoisotopic (exact) mass is 361 g/mol. The topological polar surface area (TPSA) is 54.3 Å². The molecule has 0 N–H and O–H groups in total. The maximum absolute atomic E-state index is 13.2. The highest BCUT2D eigenvalue weighted by Gasteiger charge is 2.30. The summed E-state index contributed by atoms with van der Waals surface area (Å²) in [5.41, 5.74) is 2.47. The van der Waals surface area contributed by atoms with E-state index in [1.165, 1.54) is 12.8 Å². The largest absolute Gasteiger partial charge is 0.329 e. The van der Waals surface area contributed by atoms with E-state index in [9.17, 15) is 4.79 Å². The van der Waals surface area contributed by atoms with Gasteiger partial charge in [-0.3, -0.25) is 4.79 Å². The Morgan fingerprint density at radius 2 is 1.96 bits per heavy atom. The van der Waals surface area contributed by atoms with Crippen molar-refractivity contribution in [3.63, 3.8) is 0 Å². The Morgan fingerprint density at radius 3 is 2.85 bits per heavy atom. The van der Waals surface area contributed by atoms with Gasteiger partial charge in [-0.25, -0.2) is 9.97 Å². The third kappa shape index (κ3) is 3.10. The van der Waals surface area contributed by atoms with Gasteiger partial charge in [0, 0.05) is 24.7 Å².